The molecule has 2 rings (SSSR count). The quantitative estimate of drug-likeness (QED) is 0.730. The second kappa shape index (κ2) is 4.94. The first-order valence-corrected chi connectivity index (χ1v) is 7.94. The summed E-state index contributed by atoms with van der Waals surface area (Å²) in [5.74, 6) is -0.0509. The number of rotatable bonds is 3. The lowest BCUT2D eigenvalue weighted by molar-refractivity contribution is -0.124. The first kappa shape index (κ1) is 12.8. The lowest BCUT2D eigenvalue weighted by Crippen LogP contribution is -2.34. The van der Waals surface area contributed by atoms with Gasteiger partial charge in [0.25, 0.3) is 0 Å². The third-order valence-electron chi connectivity index (χ3n) is 3.68. The van der Waals surface area contributed by atoms with Gasteiger partial charge in [-0.25, -0.2) is 8.42 Å². The molecule has 2 N–H and O–H groups in total. The van der Waals surface area contributed by atoms with E-state index >= 15 is 0 Å². The van der Waals surface area contributed by atoms with Crippen molar-refractivity contribution < 1.29 is 18.3 Å². The predicted molar refractivity (Wildman–Crippen MR) is 63.1 cm³/mol. The molecule has 0 aromatic carbocycles. The van der Waals surface area contributed by atoms with Gasteiger partial charge in [0, 0.05) is 6.54 Å². The van der Waals surface area contributed by atoms with Gasteiger partial charge in [-0.3, -0.25) is 4.79 Å². The Bertz CT molecular complexity index is 392. The van der Waals surface area contributed by atoms with Crippen LogP contribution in [0, 0.1) is 11.8 Å². The van der Waals surface area contributed by atoms with E-state index in [1.807, 2.05) is 0 Å². The summed E-state index contributed by atoms with van der Waals surface area (Å²) >= 11 is 0. The van der Waals surface area contributed by atoms with Crippen molar-refractivity contribution in [1.82, 2.24) is 5.32 Å². The smallest absolute Gasteiger partial charge is 0.224 e. The van der Waals surface area contributed by atoms with Gasteiger partial charge < -0.3 is 10.4 Å². The van der Waals surface area contributed by atoms with Crippen LogP contribution in [0.15, 0.2) is 0 Å². The van der Waals surface area contributed by atoms with Gasteiger partial charge in [0.1, 0.15) is 0 Å². The van der Waals surface area contributed by atoms with Crippen LogP contribution in [0.4, 0.5) is 0 Å². The highest BCUT2D eigenvalue weighted by Gasteiger charge is 2.33. The fraction of sp³-hybridized carbons (Fsp3) is 0.909. The van der Waals surface area contributed by atoms with E-state index in [0.29, 0.717) is 18.9 Å². The summed E-state index contributed by atoms with van der Waals surface area (Å²) in [5.41, 5.74) is 0. The number of carbonyl (C=O) groups is 1. The third-order valence-corrected chi connectivity index (χ3v) is 5.45. The molecule has 1 aliphatic carbocycles. The monoisotopic (exact) mass is 261 g/mol. The number of carbonyl (C=O) groups excluding carboxylic acids is 1. The van der Waals surface area contributed by atoms with E-state index in [9.17, 15) is 18.3 Å². The van der Waals surface area contributed by atoms with Crippen molar-refractivity contribution in [1.29, 1.82) is 0 Å². The fourth-order valence-electron chi connectivity index (χ4n) is 2.63. The van der Waals surface area contributed by atoms with Gasteiger partial charge in [-0.2, -0.15) is 0 Å². The summed E-state index contributed by atoms with van der Waals surface area (Å²) in [6, 6.07) is 0. The van der Waals surface area contributed by atoms with Crippen LogP contribution in [0.3, 0.4) is 0 Å². The molecular weight excluding hydrogens is 242 g/mol. The van der Waals surface area contributed by atoms with E-state index in [1.54, 1.807) is 0 Å². The number of sulfone groups is 1. The van der Waals surface area contributed by atoms with E-state index in [4.69, 9.17) is 0 Å². The molecule has 98 valence electrons. The maximum absolute atomic E-state index is 11.7. The van der Waals surface area contributed by atoms with Crippen molar-refractivity contribution in [2.45, 2.75) is 31.8 Å². The van der Waals surface area contributed by atoms with Crippen LogP contribution in [-0.2, 0) is 14.6 Å². The van der Waals surface area contributed by atoms with E-state index in [2.05, 4.69) is 5.32 Å². The fourth-order valence-corrected chi connectivity index (χ4v) is 4.37. The molecule has 2 aliphatic rings. The van der Waals surface area contributed by atoms with Gasteiger partial charge in [0.15, 0.2) is 9.84 Å². The molecule has 2 fully saturated rings. The minimum absolute atomic E-state index is 0.00781. The van der Waals surface area contributed by atoms with Crippen LogP contribution in [0.5, 0.6) is 0 Å². The summed E-state index contributed by atoms with van der Waals surface area (Å²) in [7, 11) is -2.99. The Kier molecular flexibility index (Phi) is 3.73. The first-order valence-electron chi connectivity index (χ1n) is 6.12. The Labute approximate surface area is 102 Å². The highest BCUT2D eigenvalue weighted by atomic mass is 32.2. The molecular formula is C11H19NO4S. The van der Waals surface area contributed by atoms with Crippen LogP contribution in [0.25, 0.3) is 0 Å². The van der Waals surface area contributed by atoms with Crippen LogP contribution in [0.1, 0.15) is 25.7 Å². The Balaban J connectivity index is 1.75. The Hall–Kier alpha value is -0.620. The minimum Gasteiger partial charge on any atom is -0.393 e. The summed E-state index contributed by atoms with van der Waals surface area (Å²) in [6.07, 6.45) is 2.69. The van der Waals surface area contributed by atoms with Crippen molar-refractivity contribution in [3.8, 4) is 0 Å². The molecule has 1 heterocycles. The Morgan fingerprint density at radius 2 is 2.06 bits per heavy atom. The van der Waals surface area contributed by atoms with Crippen LogP contribution >= 0.6 is 0 Å². The molecule has 0 aromatic heterocycles. The van der Waals surface area contributed by atoms with Gasteiger partial charge >= 0.3 is 0 Å². The van der Waals surface area contributed by atoms with Gasteiger partial charge in [-0.1, -0.05) is 0 Å². The molecule has 1 saturated heterocycles. The number of nitrogens with one attached hydrogen (secondary N) is 1. The van der Waals surface area contributed by atoms with E-state index in [1.165, 1.54) is 0 Å². The summed E-state index contributed by atoms with van der Waals surface area (Å²) in [6.45, 7) is 0.562. The van der Waals surface area contributed by atoms with Gasteiger partial charge in [-0.05, 0) is 31.6 Å². The van der Waals surface area contributed by atoms with E-state index in [-0.39, 0.29) is 29.4 Å². The average molecular weight is 261 g/mol. The lowest BCUT2D eigenvalue weighted by Gasteiger charge is -2.13. The summed E-state index contributed by atoms with van der Waals surface area (Å²) in [5, 5.41) is 12.2. The molecule has 1 saturated carbocycles. The largest absolute Gasteiger partial charge is 0.393 e. The minimum atomic E-state index is -2.99. The zero-order valence-electron chi connectivity index (χ0n) is 9.76. The number of amides is 1. The molecule has 1 aliphatic heterocycles. The molecule has 0 aromatic rings. The molecule has 0 radical (unpaired) electrons. The van der Waals surface area contributed by atoms with Gasteiger partial charge in [0.05, 0.1) is 23.5 Å². The van der Waals surface area contributed by atoms with Crippen molar-refractivity contribution >= 4 is 15.7 Å². The summed E-state index contributed by atoms with van der Waals surface area (Å²) < 4.78 is 22.5. The Morgan fingerprint density at radius 1 is 1.29 bits per heavy atom. The zero-order valence-corrected chi connectivity index (χ0v) is 10.6. The number of aliphatic hydroxyl groups is 1. The zero-order chi connectivity index (χ0) is 12.5. The van der Waals surface area contributed by atoms with E-state index in [0.717, 1.165) is 19.3 Å². The molecule has 3 unspecified atom stereocenters. The van der Waals surface area contributed by atoms with Crippen molar-refractivity contribution in [3.05, 3.63) is 0 Å². The average Bonchev–Trinajstić information content (AvgIpc) is 2.81. The molecule has 0 bridgehead atoms. The predicted octanol–water partition coefficient (Wildman–Crippen LogP) is -0.302. The topological polar surface area (TPSA) is 83.5 Å². The Morgan fingerprint density at radius 3 is 2.59 bits per heavy atom. The van der Waals surface area contributed by atoms with Gasteiger partial charge in [-0.15, -0.1) is 0 Å². The highest BCUT2D eigenvalue weighted by Crippen LogP contribution is 2.25. The molecule has 1 amide bonds. The molecule has 0 spiro atoms. The number of hydrogen-bond acceptors (Lipinski definition) is 4. The lowest BCUT2D eigenvalue weighted by atomic mass is 10.1. The van der Waals surface area contributed by atoms with Crippen LogP contribution in [0.2, 0.25) is 0 Å². The second-order valence-electron chi connectivity index (χ2n) is 5.18. The normalized spacial score (nSPS) is 35.9. The number of hydrogen-bond donors (Lipinski definition) is 2. The number of aliphatic hydroxyl groups excluding tert-OH is 1. The van der Waals surface area contributed by atoms with E-state index < -0.39 is 9.84 Å². The maximum atomic E-state index is 11.7. The van der Waals surface area contributed by atoms with Crippen molar-refractivity contribution in [3.63, 3.8) is 0 Å². The summed E-state index contributed by atoms with van der Waals surface area (Å²) in [4.78, 5) is 11.7. The first-order chi connectivity index (χ1) is 7.96. The SMILES string of the molecule is O=C(NCC1CCC(O)C1)C1CCS(=O)(=O)C1. The highest BCUT2D eigenvalue weighted by molar-refractivity contribution is 7.91. The van der Waals surface area contributed by atoms with Crippen molar-refractivity contribution in [2.75, 3.05) is 18.1 Å². The maximum Gasteiger partial charge on any atom is 0.224 e. The van der Waals surface area contributed by atoms with Crippen molar-refractivity contribution in [2.24, 2.45) is 11.8 Å². The molecule has 6 heteroatoms. The third kappa shape index (κ3) is 3.42. The second-order valence-corrected chi connectivity index (χ2v) is 7.41. The molecule has 3 atom stereocenters. The van der Waals surface area contributed by atoms with Crippen LogP contribution in [-0.4, -0.2) is 43.6 Å². The molecule has 5 nitrogen and oxygen atoms in total. The standard InChI is InChI=1S/C11H19NO4S/c13-10-2-1-8(5-10)6-12-11(14)9-3-4-17(15,16)7-9/h8-10,13H,1-7H2,(H,12,14). The van der Waals surface area contributed by atoms with Crippen LogP contribution < -0.4 is 5.32 Å². The van der Waals surface area contributed by atoms with Gasteiger partial charge in [0.2, 0.25) is 5.91 Å². The molecule has 17 heavy (non-hydrogen) atoms.